The molecule has 240 valence electrons. The third kappa shape index (κ3) is 7.55. The molecule has 0 fully saturated rings. The van der Waals surface area contributed by atoms with E-state index in [0.717, 1.165) is 50.7 Å². The highest BCUT2D eigenvalue weighted by atomic mass is 16.5. The molecule has 9 nitrogen and oxygen atoms in total. The fourth-order valence-electron chi connectivity index (χ4n) is 5.57. The second-order valence-electron chi connectivity index (χ2n) is 11.3. The monoisotopic (exact) mass is 623 g/mol. The van der Waals surface area contributed by atoms with Gasteiger partial charge in [0.25, 0.3) is 0 Å². The lowest BCUT2D eigenvalue weighted by Gasteiger charge is -2.24. The van der Waals surface area contributed by atoms with E-state index in [1.807, 2.05) is 76.5 Å². The number of fused-ring (bicyclic) bond motifs is 1. The number of aromatic nitrogens is 2. The molecule has 0 aliphatic rings. The van der Waals surface area contributed by atoms with Crippen molar-refractivity contribution in [3.63, 3.8) is 0 Å². The molecule has 9 heteroatoms. The number of nitrogens with zero attached hydrogens (tertiary/aromatic N) is 3. The molecule has 0 saturated heterocycles. The van der Waals surface area contributed by atoms with Crippen LogP contribution < -0.4 is 19.6 Å². The number of ether oxygens (including phenoxy) is 4. The summed E-state index contributed by atoms with van der Waals surface area (Å²) in [5.41, 5.74) is 7.28. The fourth-order valence-corrected chi connectivity index (χ4v) is 5.57. The molecular weight excluding hydrogens is 582 g/mol. The number of rotatable bonds is 14. The summed E-state index contributed by atoms with van der Waals surface area (Å²) in [6.07, 6.45) is 3.71. The molecule has 0 amide bonds. The minimum absolute atomic E-state index is 0.0668. The molecule has 0 unspecified atom stereocenters. The molecule has 0 aliphatic carbocycles. The van der Waals surface area contributed by atoms with E-state index in [1.54, 1.807) is 26.4 Å². The number of pyridine rings is 2. The molecule has 3 heterocycles. The molecule has 2 aromatic carbocycles. The van der Waals surface area contributed by atoms with Gasteiger partial charge in [0.1, 0.15) is 35.2 Å². The van der Waals surface area contributed by atoms with Crippen molar-refractivity contribution in [2.24, 2.45) is 0 Å². The Morgan fingerprint density at radius 3 is 1.98 bits per heavy atom. The molecule has 0 N–H and O–H groups in total. The average Bonchev–Trinajstić information content (AvgIpc) is 3.06. The van der Waals surface area contributed by atoms with Gasteiger partial charge in [-0.25, -0.2) is 0 Å². The van der Waals surface area contributed by atoms with Crippen LogP contribution in [0.25, 0.3) is 22.3 Å². The molecule has 0 atom stereocenters. The highest BCUT2D eigenvalue weighted by Gasteiger charge is 2.17. The molecule has 0 radical (unpaired) electrons. The number of aryl methyl sites for hydroxylation is 2. The van der Waals surface area contributed by atoms with E-state index in [4.69, 9.17) is 33.3 Å². The topological polar surface area (TPSA) is 96.2 Å². The molecule has 5 rings (SSSR count). The van der Waals surface area contributed by atoms with E-state index in [9.17, 15) is 4.79 Å². The first-order chi connectivity index (χ1) is 22.3. The van der Waals surface area contributed by atoms with E-state index in [0.29, 0.717) is 61.9 Å². The summed E-state index contributed by atoms with van der Waals surface area (Å²) in [4.78, 5) is 24.2. The first-order valence-corrected chi connectivity index (χ1v) is 15.3. The number of hydrogen-bond acceptors (Lipinski definition) is 9. The highest BCUT2D eigenvalue weighted by molar-refractivity contribution is 5.78. The zero-order valence-electron chi connectivity index (χ0n) is 27.4. The predicted molar refractivity (Wildman–Crippen MR) is 179 cm³/mol. The van der Waals surface area contributed by atoms with Crippen molar-refractivity contribution < 1.29 is 23.4 Å². The van der Waals surface area contributed by atoms with E-state index in [-0.39, 0.29) is 5.43 Å². The standard InChI is InChI=1S/C37H41N3O6/c1-24-20-38-31(26(3)36(24)42-5)22-40(23-32-27(4)37(43-6)25(2)21-39-32)15-16-44-17-18-45-29-13-11-28(12-14-29)35-19-33(41)30-9-7-8-10-34(30)46-35/h7-14,19-21H,15-18,22-23H2,1-6H3. The van der Waals surface area contributed by atoms with Crippen LogP contribution >= 0.6 is 0 Å². The van der Waals surface area contributed by atoms with Gasteiger partial charge in [0.05, 0.1) is 44.2 Å². The minimum atomic E-state index is -0.0668. The molecule has 0 saturated carbocycles. The fraction of sp³-hybridized carbons (Fsp3) is 0.324. The van der Waals surface area contributed by atoms with Crippen LogP contribution in [0.1, 0.15) is 33.6 Å². The molecule has 0 spiro atoms. The van der Waals surface area contributed by atoms with Gasteiger partial charge in [0, 0.05) is 65.9 Å². The molecule has 46 heavy (non-hydrogen) atoms. The van der Waals surface area contributed by atoms with Gasteiger partial charge in [0.15, 0.2) is 5.43 Å². The number of methoxy groups -OCH3 is 2. The first-order valence-electron chi connectivity index (χ1n) is 15.3. The summed E-state index contributed by atoms with van der Waals surface area (Å²) in [6, 6.07) is 16.3. The van der Waals surface area contributed by atoms with Gasteiger partial charge in [-0.05, 0) is 64.1 Å². The molecule has 0 aliphatic heterocycles. The lowest BCUT2D eigenvalue weighted by Crippen LogP contribution is -2.29. The number of para-hydroxylation sites is 1. The second kappa shape index (κ2) is 15.0. The third-order valence-corrected chi connectivity index (χ3v) is 8.07. The normalized spacial score (nSPS) is 11.3. The van der Waals surface area contributed by atoms with Crippen LogP contribution in [0.2, 0.25) is 0 Å². The highest BCUT2D eigenvalue weighted by Crippen LogP contribution is 2.28. The quantitative estimate of drug-likeness (QED) is 0.127. The summed E-state index contributed by atoms with van der Waals surface area (Å²) in [5.74, 6) is 2.95. The van der Waals surface area contributed by atoms with Crippen LogP contribution in [0.5, 0.6) is 17.2 Å². The lowest BCUT2D eigenvalue weighted by atomic mass is 10.1. The summed E-state index contributed by atoms with van der Waals surface area (Å²) >= 11 is 0. The Morgan fingerprint density at radius 1 is 0.761 bits per heavy atom. The molecule has 3 aromatic heterocycles. The van der Waals surface area contributed by atoms with Crippen molar-refractivity contribution >= 4 is 11.0 Å². The van der Waals surface area contributed by atoms with Crippen molar-refractivity contribution in [2.45, 2.75) is 40.8 Å². The van der Waals surface area contributed by atoms with Crippen LogP contribution in [-0.4, -0.2) is 55.5 Å². The Kier molecular flexibility index (Phi) is 10.7. The third-order valence-electron chi connectivity index (χ3n) is 8.07. The Labute approximate surface area is 269 Å². The van der Waals surface area contributed by atoms with Crippen LogP contribution in [-0.2, 0) is 17.8 Å². The first kappa shape index (κ1) is 32.7. The van der Waals surface area contributed by atoms with Gasteiger partial charge >= 0.3 is 0 Å². The van der Waals surface area contributed by atoms with Gasteiger partial charge in [-0.2, -0.15) is 0 Å². The largest absolute Gasteiger partial charge is 0.496 e. The van der Waals surface area contributed by atoms with E-state index in [2.05, 4.69) is 4.90 Å². The Morgan fingerprint density at radius 2 is 1.37 bits per heavy atom. The summed E-state index contributed by atoms with van der Waals surface area (Å²) in [6.45, 7) is 11.3. The van der Waals surface area contributed by atoms with Gasteiger partial charge < -0.3 is 23.4 Å². The lowest BCUT2D eigenvalue weighted by molar-refractivity contribution is 0.0753. The van der Waals surface area contributed by atoms with E-state index >= 15 is 0 Å². The number of benzene rings is 2. The van der Waals surface area contributed by atoms with Crippen molar-refractivity contribution in [3.05, 3.63) is 111 Å². The van der Waals surface area contributed by atoms with Gasteiger partial charge in [0.2, 0.25) is 0 Å². The molecule has 5 aromatic rings. The average molecular weight is 624 g/mol. The SMILES string of the molecule is COc1c(C)cnc(CN(CCOCCOc2ccc(-c3cc(=O)c4ccccc4o3)cc2)Cc2ncc(C)c(OC)c2C)c1C. The molecular formula is C37H41N3O6. The predicted octanol–water partition coefficient (Wildman–Crippen LogP) is 6.60. The van der Waals surface area contributed by atoms with Crippen molar-refractivity contribution in [3.8, 4) is 28.6 Å². The maximum Gasteiger partial charge on any atom is 0.193 e. The Hall–Kier alpha value is -4.73. The second-order valence-corrected chi connectivity index (χ2v) is 11.3. The van der Waals surface area contributed by atoms with E-state index in [1.165, 1.54) is 6.07 Å². The van der Waals surface area contributed by atoms with Crippen LogP contribution in [0.15, 0.2) is 76.2 Å². The van der Waals surface area contributed by atoms with Crippen molar-refractivity contribution in [1.29, 1.82) is 0 Å². The maximum absolute atomic E-state index is 12.5. The summed E-state index contributed by atoms with van der Waals surface area (Å²) < 4.78 is 29.1. The number of hydrogen-bond donors (Lipinski definition) is 0. The molecule has 0 bridgehead atoms. The summed E-state index contributed by atoms with van der Waals surface area (Å²) in [5, 5.41) is 0.568. The van der Waals surface area contributed by atoms with Crippen LogP contribution in [0.4, 0.5) is 0 Å². The maximum atomic E-state index is 12.5. The zero-order chi connectivity index (χ0) is 32.6. The van der Waals surface area contributed by atoms with Crippen LogP contribution in [0.3, 0.4) is 0 Å². The Balaban J connectivity index is 1.17. The van der Waals surface area contributed by atoms with Crippen molar-refractivity contribution in [2.75, 3.05) is 40.6 Å². The van der Waals surface area contributed by atoms with Crippen molar-refractivity contribution in [1.82, 2.24) is 14.9 Å². The zero-order valence-corrected chi connectivity index (χ0v) is 27.4. The van der Waals surface area contributed by atoms with Crippen LogP contribution in [0, 0.1) is 27.7 Å². The van der Waals surface area contributed by atoms with Gasteiger partial charge in [-0.3, -0.25) is 19.7 Å². The minimum Gasteiger partial charge on any atom is -0.496 e. The Bertz CT molecular complexity index is 1790. The van der Waals surface area contributed by atoms with Gasteiger partial charge in [-0.1, -0.05) is 12.1 Å². The smallest absolute Gasteiger partial charge is 0.193 e. The van der Waals surface area contributed by atoms with Gasteiger partial charge in [-0.15, -0.1) is 0 Å². The van der Waals surface area contributed by atoms with E-state index < -0.39 is 0 Å². The summed E-state index contributed by atoms with van der Waals surface area (Å²) in [7, 11) is 3.38.